The Morgan fingerprint density at radius 2 is 1.39 bits per heavy atom. The predicted octanol–water partition coefficient (Wildman–Crippen LogP) is 7.01. The smallest absolute Gasteiger partial charge is 0.119 e. The lowest BCUT2D eigenvalue weighted by Crippen LogP contribution is -2.25. The lowest BCUT2D eigenvalue weighted by atomic mass is 9.90. The molecular weight excluding hydrogens is 470 g/mol. The average molecular weight is 504 g/mol. The van der Waals surface area contributed by atoms with Crippen LogP contribution in [0.4, 0.5) is 0 Å². The van der Waals surface area contributed by atoms with E-state index in [0.717, 1.165) is 36.8 Å². The van der Waals surface area contributed by atoms with E-state index >= 15 is 0 Å². The molecule has 1 saturated heterocycles. The van der Waals surface area contributed by atoms with Gasteiger partial charge < -0.3 is 14.2 Å². The summed E-state index contributed by atoms with van der Waals surface area (Å²) in [6.45, 7) is 4.16. The molecule has 1 heterocycles. The van der Waals surface area contributed by atoms with Crippen LogP contribution in [0, 0.1) is 0 Å². The van der Waals surface area contributed by atoms with E-state index in [1.54, 1.807) is 14.2 Å². The van der Waals surface area contributed by atoms with Gasteiger partial charge in [0.25, 0.3) is 0 Å². The highest BCUT2D eigenvalue weighted by atomic mass is 35.5. The van der Waals surface area contributed by atoms with Crippen LogP contribution in [-0.2, 0) is 6.42 Å². The minimum Gasteiger partial charge on any atom is -0.497 e. The lowest BCUT2D eigenvalue weighted by Gasteiger charge is -2.16. The summed E-state index contributed by atoms with van der Waals surface area (Å²) in [6, 6.07) is 27.6. The van der Waals surface area contributed by atoms with Gasteiger partial charge in [0.15, 0.2) is 0 Å². The molecule has 1 aliphatic heterocycles. The molecule has 5 rings (SSSR count). The van der Waals surface area contributed by atoms with Gasteiger partial charge in [0.1, 0.15) is 23.9 Å². The summed E-state index contributed by atoms with van der Waals surface area (Å²) in [7, 11) is 3.41. The van der Waals surface area contributed by atoms with Crippen molar-refractivity contribution in [3.05, 3.63) is 90.0 Å². The van der Waals surface area contributed by atoms with Crippen LogP contribution in [0.5, 0.6) is 17.2 Å². The van der Waals surface area contributed by atoms with E-state index in [9.17, 15) is 0 Å². The summed E-state index contributed by atoms with van der Waals surface area (Å²) in [4.78, 5) is 2.48. The Bertz CT molecular complexity index is 1270. The molecule has 0 saturated carbocycles. The summed E-state index contributed by atoms with van der Waals surface area (Å²) in [6.07, 6.45) is 3.46. The Morgan fingerprint density at radius 3 is 2.08 bits per heavy atom. The molecule has 1 aliphatic rings. The normalized spacial score (nSPS) is 13.4. The van der Waals surface area contributed by atoms with Crippen LogP contribution < -0.4 is 14.2 Å². The first kappa shape index (κ1) is 25.9. The molecule has 36 heavy (non-hydrogen) atoms. The summed E-state index contributed by atoms with van der Waals surface area (Å²) in [5, 5.41) is 2.42. The van der Waals surface area contributed by atoms with E-state index in [-0.39, 0.29) is 12.4 Å². The second-order valence-electron chi connectivity index (χ2n) is 9.13. The van der Waals surface area contributed by atoms with Gasteiger partial charge in [-0.15, -0.1) is 12.4 Å². The Hall–Kier alpha value is -3.21. The molecule has 4 aromatic rings. The van der Waals surface area contributed by atoms with Gasteiger partial charge in [0, 0.05) is 6.54 Å². The fraction of sp³-hybridized carbons (Fsp3) is 0.290. The molecular formula is C31H34ClNO3. The third-order valence-corrected chi connectivity index (χ3v) is 6.92. The Kier molecular flexibility index (Phi) is 8.74. The second kappa shape index (κ2) is 12.2. The van der Waals surface area contributed by atoms with Crippen LogP contribution in [0.25, 0.3) is 21.9 Å². The number of fused-ring (bicyclic) bond motifs is 1. The van der Waals surface area contributed by atoms with Crippen molar-refractivity contribution >= 4 is 23.2 Å². The van der Waals surface area contributed by atoms with Crippen LogP contribution >= 0.6 is 12.4 Å². The number of hydrogen-bond acceptors (Lipinski definition) is 4. The number of ether oxygens (including phenoxy) is 3. The van der Waals surface area contributed by atoms with Crippen LogP contribution in [0.15, 0.2) is 78.9 Å². The molecule has 0 amide bonds. The summed E-state index contributed by atoms with van der Waals surface area (Å²) in [5.74, 6) is 2.67. The van der Waals surface area contributed by atoms with Gasteiger partial charge in [0.05, 0.1) is 14.2 Å². The van der Waals surface area contributed by atoms with Gasteiger partial charge in [-0.1, -0.05) is 42.5 Å². The number of benzene rings is 4. The molecule has 0 spiro atoms. The van der Waals surface area contributed by atoms with Gasteiger partial charge in [-0.05, 0) is 102 Å². The van der Waals surface area contributed by atoms with Crippen LogP contribution in [0.1, 0.15) is 24.0 Å². The summed E-state index contributed by atoms with van der Waals surface area (Å²) >= 11 is 0. The zero-order chi connectivity index (χ0) is 24.0. The van der Waals surface area contributed by atoms with Gasteiger partial charge in [-0.3, -0.25) is 4.90 Å². The van der Waals surface area contributed by atoms with Gasteiger partial charge >= 0.3 is 0 Å². The van der Waals surface area contributed by atoms with Crippen molar-refractivity contribution < 1.29 is 14.2 Å². The highest BCUT2D eigenvalue weighted by Gasteiger charge is 2.13. The van der Waals surface area contributed by atoms with Crippen molar-refractivity contribution in [3.63, 3.8) is 0 Å². The molecule has 0 radical (unpaired) electrons. The first-order valence-corrected chi connectivity index (χ1v) is 12.4. The maximum absolute atomic E-state index is 6.02. The average Bonchev–Trinajstić information content (AvgIpc) is 3.43. The van der Waals surface area contributed by atoms with E-state index < -0.39 is 0 Å². The fourth-order valence-electron chi connectivity index (χ4n) is 4.94. The van der Waals surface area contributed by atoms with Crippen molar-refractivity contribution in [1.82, 2.24) is 4.90 Å². The molecule has 0 N–H and O–H groups in total. The van der Waals surface area contributed by atoms with Crippen LogP contribution in [0.3, 0.4) is 0 Å². The second-order valence-corrected chi connectivity index (χ2v) is 9.13. The maximum Gasteiger partial charge on any atom is 0.119 e. The molecule has 4 nitrogen and oxygen atoms in total. The van der Waals surface area contributed by atoms with E-state index in [2.05, 4.69) is 65.6 Å². The SMILES string of the molecule is COc1ccc(-c2ccc3cc(OC)ccc3c2Cc2ccc(OCCN3CCCC3)cc2)cc1.Cl. The monoisotopic (exact) mass is 503 g/mol. The third kappa shape index (κ3) is 5.95. The largest absolute Gasteiger partial charge is 0.497 e. The zero-order valence-electron chi connectivity index (χ0n) is 21.0. The molecule has 0 aromatic heterocycles. The molecule has 4 aromatic carbocycles. The standard InChI is InChI=1S/C31H33NO3.ClH/c1-33-26-12-7-24(8-13-26)29-15-9-25-22-28(34-2)14-16-30(25)31(29)21-23-5-10-27(11-6-23)35-20-19-32-17-3-4-18-32;/h5-16,22H,3-4,17-21H2,1-2H3;1H. The maximum atomic E-state index is 6.02. The van der Waals surface area contributed by atoms with Crippen molar-refractivity contribution in [2.24, 2.45) is 0 Å². The first-order chi connectivity index (χ1) is 17.2. The van der Waals surface area contributed by atoms with Crippen molar-refractivity contribution in [2.45, 2.75) is 19.3 Å². The number of hydrogen-bond donors (Lipinski definition) is 0. The number of rotatable bonds is 9. The van der Waals surface area contributed by atoms with E-state index in [0.29, 0.717) is 0 Å². The Balaban J connectivity index is 0.00000304. The minimum absolute atomic E-state index is 0. The Morgan fingerprint density at radius 1 is 0.722 bits per heavy atom. The first-order valence-electron chi connectivity index (χ1n) is 12.4. The topological polar surface area (TPSA) is 30.9 Å². The lowest BCUT2D eigenvalue weighted by molar-refractivity contribution is 0.238. The van der Waals surface area contributed by atoms with Gasteiger partial charge in [0.2, 0.25) is 0 Å². The van der Waals surface area contributed by atoms with Crippen molar-refractivity contribution in [2.75, 3.05) is 40.5 Å². The number of nitrogens with zero attached hydrogens (tertiary/aromatic N) is 1. The fourth-order valence-corrected chi connectivity index (χ4v) is 4.94. The van der Waals surface area contributed by atoms with Crippen LogP contribution in [0.2, 0.25) is 0 Å². The van der Waals surface area contributed by atoms with E-state index in [4.69, 9.17) is 14.2 Å². The van der Waals surface area contributed by atoms with E-state index in [1.165, 1.54) is 59.0 Å². The molecule has 0 bridgehead atoms. The summed E-state index contributed by atoms with van der Waals surface area (Å²) < 4.78 is 16.9. The number of likely N-dealkylation sites (tertiary alicyclic amines) is 1. The molecule has 5 heteroatoms. The molecule has 0 unspecified atom stereocenters. The molecule has 188 valence electrons. The number of methoxy groups -OCH3 is 2. The van der Waals surface area contributed by atoms with Gasteiger partial charge in [-0.25, -0.2) is 0 Å². The third-order valence-electron chi connectivity index (χ3n) is 6.92. The van der Waals surface area contributed by atoms with Crippen LogP contribution in [-0.4, -0.2) is 45.4 Å². The van der Waals surface area contributed by atoms with Gasteiger partial charge in [-0.2, -0.15) is 0 Å². The molecule has 0 aliphatic carbocycles. The number of halogens is 1. The summed E-state index contributed by atoms with van der Waals surface area (Å²) in [5.41, 5.74) is 4.98. The van der Waals surface area contributed by atoms with Crippen molar-refractivity contribution in [3.8, 4) is 28.4 Å². The molecule has 1 fully saturated rings. The highest BCUT2D eigenvalue weighted by Crippen LogP contribution is 2.34. The highest BCUT2D eigenvalue weighted by molar-refractivity contribution is 5.93. The zero-order valence-corrected chi connectivity index (χ0v) is 21.9. The molecule has 0 atom stereocenters. The quantitative estimate of drug-likeness (QED) is 0.246. The minimum atomic E-state index is 0. The predicted molar refractivity (Wildman–Crippen MR) is 150 cm³/mol. The van der Waals surface area contributed by atoms with Crippen molar-refractivity contribution in [1.29, 1.82) is 0 Å². The Labute approximate surface area is 220 Å². The van der Waals surface area contributed by atoms with E-state index in [1.807, 2.05) is 18.2 Å².